The topological polar surface area (TPSA) is 68.7 Å². The van der Waals surface area contributed by atoms with Crippen LogP contribution >= 0.6 is 11.3 Å². The van der Waals surface area contributed by atoms with Gasteiger partial charge in [0.1, 0.15) is 5.69 Å². The van der Waals surface area contributed by atoms with E-state index in [9.17, 15) is 13.2 Å². The monoisotopic (exact) mass is 413 g/mol. The molecule has 2 aromatic heterocycles. The van der Waals surface area contributed by atoms with Crippen molar-refractivity contribution < 1.29 is 13.2 Å². The van der Waals surface area contributed by atoms with Crippen molar-refractivity contribution in [3.8, 4) is 0 Å². The molecule has 0 bridgehead atoms. The summed E-state index contributed by atoms with van der Waals surface area (Å²) in [4.78, 5) is 16.1. The highest BCUT2D eigenvalue weighted by molar-refractivity contribution is 7.14. The second-order valence-electron chi connectivity index (χ2n) is 6.09. The molecule has 3 heterocycles. The predicted molar refractivity (Wildman–Crippen MR) is 105 cm³/mol. The maximum Gasteiger partial charge on any atom is 0.433 e. The molecule has 0 amide bonds. The van der Waals surface area contributed by atoms with Crippen LogP contribution in [0.3, 0.4) is 0 Å². The number of halogens is 3. The minimum absolute atomic E-state index is 0.0452. The van der Waals surface area contributed by atoms with Gasteiger partial charge in [-0.05, 0) is 23.6 Å². The van der Waals surface area contributed by atoms with Gasteiger partial charge in [-0.25, -0.2) is 9.97 Å². The molecule has 0 saturated carbocycles. The van der Waals surface area contributed by atoms with Gasteiger partial charge in [-0.15, -0.1) is 11.3 Å². The molecule has 0 unspecified atom stereocenters. The van der Waals surface area contributed by atoms with E-state index < -0.39 is 11.9 Å². The lowest BCUT2D eigenvalue weighted by molar-refractivity contribution is -0.141. The first-order chi connectivity index (χ1) is 13.5. The Morgan fingerprint density at radius 3 is 2.64 bits per heavy atom. The van der Waals surface area contributed by atoms with E-state index in [0.29, 0.717) is 13.1 Å². The minimum Gasteiger partial charge on any atom is -0.360 e. The number of piperazine rings is 1. The summed E-state index contributed by atoms with van der Waals surface area (Å²) in [6.07, 6.45) is -3.39. The lowest BCUT2D eigenvalue weighted by atomic mass is 10.3. The number of anilines is 2. The molecule has 1 aliphatic rings. The van der Waals surface area contributed by atoms with Crippen molar-refractivity contribution in [2.75, 3.05) is 56.5 Å². The summed E-state index contributed by atoms with van der Waals surface area (Å²) in [7, 11) is 1.72. The fraction of sp³-hybridized carbons (Fsp3) is 0.471. The highest BCUT2D eigenvalue weighted by Gasteiger charge is 2.32. The third-order valence-electron chi connectivity index (χ3n) is 4.25. The molecule has 2 aromatic rings. The fourth-order valence-electron chi connectivity index (χ4n) is 2.87. The number of nitrogens with one attached hydrogen (secondary N) is 2. The molecule has 11 heteroatoms. The van der Waals surface area contributed by atoms with E-state index in [4.69, 9.17) is 0 Å². The van der Waals surface area contributed by atoms with Crippen molar-refractivity contribution in [3.63, 3.8) is 0 Å². The lowest BCUT2D eigenvalue weighted by Crippen LogP contribution is -2.53. The van der Waals surface area contributed by atoms with E-state index in [1.807, 2.05) is 6.07 Å². The summed E-state index contributed by atoms with van der Waals surface area (Å²) >= 11 is 1.73. The summed E-state index contributed by atoms with van der Waals surface area (Å²) in [6.45, 7) is 4.38. The first-order valence-corrected chi connectivity index (χ1v) is 9.73. The van der Waals surface area contributed by atoms with E-state index in [1.54, 1.807) is 18.4 Å². The molecular formula is C17H22F3N7S. The van der Waals surface area contributed by atoms with Gasteiger partial charge in [0.2, 0.25) is 5.95 Å². The highest BCUT2D eigenvalue weighted by Crippen LogP contribution is 2.27. The van der Waals surface area contributed by atoms with E-state index in [-0.39, 0.29) is 5.95 Å². The quantitative estimate of drug-likeness (QED) is 0.446. The van der Waals surface area contributed by atoms with Gasteiger partial charge in [0.05, 0.1) is 5.00 Å². The SMILES string of the molecule is CN=C(NCCNc1nccc(C(F)(F)F)n1)N1CCN(c2cccs2)CC1. The van der Waals surface area contributed by atoms with E-state index in [1.165, 1.54) is 5.00 Å². The zero-order valence-corrected chi connectivity index (χ0v) is 16.2. The smallest absolute Gasteiger partial charge is 0.360 e. The summed E-state index contributed by atoms with van der Waals surface area (Å²) in [6, 6.07) is 5.02. The van der Waals surface area contributed by atoms with Crippen molar-refractivity contribution in [3.05, 3.63) is 35.5 Å². The van der Waals surface area contributed by atoms with Gasteiger partial charge in [-0.3, -0.25) is 4.99 Å². The average molecular weight is 413 g/mol. The second kappa shape index (κ2) is 9.09. The maximum atomic E-state index is 12.7. The number of hydrogen-bond acceptors (Lipinski definition) is 6. The van der Waals surface area contributed by atoms with Gasteiger partial charge < -0.3 is 20.4 Å². The third-order valence-corrected chi connectivity index (χ3v) is 5.18. The van der Waals surface area contributed by atoms with Crippen LogP contribution < -0.4 is 15.5 Å². The molecule has 1 saturated heterocycles. The fourth-order valence-corrected chi connectivity index (χ4v) is 3.66. The molecule has 0 atom stereocenters. The number of rotatable bonds is 5. The van der Waals surface area contributed by atoms with Crippen LogP contribution in [0, 0.1) is 0 Å². The van der Waals surface area contributed by atoms with Crippen LogP contribution in [0.4, 0.5) is 24.1 Å². The lowest BCUT2D eigenvalue weighted by Gasteiger charge is -2.37. The zero-order valence-electron chi connectivity index (χ0n) is 15.4. The van der Waals surface area contributed by atoms with E-state index in [2.05, 4.69) is 46.8 Å². The Hall–Kier alpha value is -2.56. The number of aliphatic imine (C=N–C) groups is 1. The van der Waals surface area contributed by atoms with Gasteiger partial charge in [-0.2, -0.15) is 13.2 Å². The summed E-state index contributed by atoms with van der Waals surface area (Å²) in [5.74, 6) is 0.730. The number of thiophene rings is 1. The van der Waals surface area contributed by atoms with Crippen LogP contribution in [-0.2, 0) is 6.18 Å². The highest BCUT2D eigenvalue weighted by atomic mass is 32.1. The predicted octanol–water partition coefficient (Wildman–Crippen LogP) is 2.37. The minimum atomic E-state index is -4.48. The number of guanidine groups is 1. The standard InChI is InChI=1S/C17H22F3N7S/c1-21-16(27-10-8-26(9-11-27)14-3-2-12-28-14)24-7-6-23-15-22-5-4-13(25-15)17(18,19)20/h2-5,12H,6-11H2,1H3,(H,21,24)(H,22,23,25). The van der Waals surface area contributed by atoms with Crippen molar-refractivity contribution in [2.45, 2.75) is 6.18 Å². The van der Waals surface area contributed by atoms with Crippen molar-refractivity contribution >= 4 is 28.2 Å². The molecule has 0 radical (unpaired) electrons. The second-order valence-corrected chi connectivity index (χ2v) is 7.02. The largest absolute Gasteiger partial charge is 0.433 e. The van der Waals surface area contributed by atoms with Gasteiger partial charge in [-0.1, -0.05) is 0 Å². The summed E-state index contributed by atoms with van der Waals surface area (Å²) < 4.78 is 38.0. The summed E-state index contributed by atoms with van der Waals surface area (Å²) in [5, 5.41) is 9.37. The number of aromatic nitrogens is 2. The Bertz CT molecular complexity index is 771. The molecule has 28 heavy (non-hydrogen) atoms. The Balaban J connectivity index is 1.43. The summed E-state index contributed by atoms with van der Waals surface area (Å²) in [5.41, 5.74) is -0.961. The molecule has 0 aliphatic carbocycles. The number of nitrogens with zero attached hydrogens (tertiary/aromatic N) is 5. The molecule has 0 spiro atoms. The van der Waals surface area contributed by atoms with Crippen LogP contribution in [0.5, 0.6) is 0 Å². The van der Waals surface area contributed by atoms with E-state index >= 15 is 0 Å². The van der Waals surface area contributed by atoms with Crippen molar-refractivity contribution in [1.29, 1.82) is 0 Å². The third kappa shape index (κ3) is 5.24. The van der Waals surface area contributed by atoms with Crippen molar-refractivity contribution in [1.82, 2.24) is 20.2 Å². The van der Waals surface area contributed by atoms with Crippen LogP contribution in [0.25, 0.3) is 0 Å². The Morgan fingerprint density at radius 2 is 2.00 bits per heavy atom. The van der Waals surface area contributed by atoms with Crippen LogP contribution in [0.15, 0.2) is 34.8 Å². The molecule has 1 fully saturated rings. The van der Waals surface area contributed by atoms with Gasteiger partial charge in [0, 0.05) is 52.5 Å². The number of alkyl halides is 3. The normalized spacial score (nSPS) is 15.6. The molecule has 0 aromatic carbocycles. The zero-order chi connectivity index (χ0) is 20.0. The first kappa shape index (κ1) is 20.2. The molecule has 3 rings (SSSR count). The molecule has 152 valence electrons. The molecule has 7 nitrogen and oxygen atoms in total. The van der Waals surface area contributed by atoms with Crippen LogP contribution in [0.2, 0.25) is 0 Å². The van der Waals surface area contributed by atoms with Crippen LogP contribution in [0.1, 0.15) is 5.69 Å². The Kier molecular flexibility index (Phi) is 6.55. The Morgan fingerprint density at radius 1 is 1.21 bits per heavy atom. The molecular weight excluding hydrogens is 391 g/mol. The van der Waals surface area contributed by atoms with Gasteiger partial charge in [0.15, 0.2) is 5.96 Å². The van der Waals surface area contributed by atoms with Crippen LogP contribution in [-0.4, -0.2) is 67.1 Å². The van der Waals surface area contributed by atoms with E-state index in [0.717, 1.165) is 44.4 Å². The number of hydrogen-bond donors (Lipinski definition) is 2. The average Bonchev–Trinajstić information content (AvgIpc) is 3.23. The van der Waals surface area contributed by atoms with Crippen molar-refractivity contribution in [2.24, 2.45) is 4.99 Å². The van der Waals surface area contributed by atoms with Gasteiger partial charge >= 0.3 is 6.18 Å². The first-order valence-electron chi connectivity index (χ1n) is 8.85. The Labute approximate surface area is 165 Å². The van der Waals surface area contributed by atoms with Gasteiger partial charge in [0.25, 0.3) is 0 Å². The molecule has 1 aliphatic heterocycles. The maximum absolute atomic E-state index is 12.7. The molecule has 2 N–H and O–H groups in total.